The topological polar surface area (TPSA) is 56.9 Å². The molecule has 76 valence electrons. The number of rotatable bonds is 0. The van der Waals surface area contributed by atoms with Crippen LogP contribution in [0.5, 0.6) is 5.75 Å². The van der Waals surface area contributed by atoms with E-state index in [1.807, 2.05) is 18.2 Å². The van der Waals surface area contributed by atoms with Crippen LogP contribution in [0.25, 0.3) is 21.0 Å². The Balaban J connectivity index is 2.49. The van der Waals surface area contributed by atoms with E-state index in [2.05, 4.69) is 11.1 Å². The Hall–Kier alpha value is -2.12. The molecule has 0 unspecified atom stereocenters. The number of benzene rings is 2. The van der Waals surface area contributed by atoms with E-state index in [0.29, 0.717) is 5.01 Å². The van der Waals surface area contributed by atoms with Crippen molar-refractivity contribution in [2.24, 2.45) is 0 Å². The highest BCUT2D eigenvalue weighted by Crippen LogP contribution is 2.31. The summed E-state index contributed by atoms with van der Waals surface area (Å²) < 4.78 is 0.994. The van der Waals surface area contributed by atoms with Crippen molar-refractivity contribution in [3.05, 3.63) is 35.3 Å². The van der Waals surface area contributed by atoms with Crippen molar-refractivity contribution in [2.75, 3.05) is 0 Å². The molecule has 0 aliphatic carbocycles. The fraction of sp³-hybridized carbons (Fsp3) is 0. The monoisotopic (exact) mass is 226 g/mol. The van der Waals surface area contributed by atoms with Gasteiger partial charge in [-0.05, 0) is 29.7 Å². The van der Waals surface area contributed by atoms with Crippen LogP contribution >= 0.6 is 11.3 Å². The number of nitrogens with zero attached hydrogens (tertiary/aromatic N) is 2. The molecule has 0 bridgehead atoms. The third kappa shape index (κ3) is 1.23. The Kier molecular flexibility index (Phi) is 1.82. The van der Waals surface area contributed by atoms with Crippen LogP contribution in [-0.2, 0) is 0 Å². The molecule has 2 aromatic carbocycles. The molecular formula is C12H6N2OS. The first-order valence-corrected chi connectivity index (χ1v) is 5.52. The number of phenolic OH excluding ortho intramolecular Hbond substituents is 1. The minimum Gasteiger partial charge on any atom is -0.508 e. The van der Waals surface area contributed by atoms with Crippen LogP contribution in [0.2, 0.25) is 0 Å². The molecule has 3 aromatic rings. The molecule has 1 aromatic heterocycles. The van der Waals surface area contributed by atoms with E-state index in [4.69, 9.17) is 5.26 Å². The normalized spacial score (nSPS) is 10.7. The Morgan fingerprint density at radius 2 is 2.12 bits per heavy atom. The van der Waals surface area contributed by atoms with E-state index in [1.165, 1.54) is 11.3 Å². The summed E-state index contributed by atoms with van der Waals surface area (Å²) in [5.74, 6) is 0.247. The zero-order chi connectivity index (χ0) is 11.1. The van der Waals surface area contributed by atoms with Gasteiger partial charge in [0.2, 0.25) is 0 Å². The van der Waals surface area contributed by atoms with Crippen molar-refractivity contribution >= 4 is 32.3 Å². The molecule has 0 fully saturated rings. The molecule has 0 amide bonds. The molecule has 0 saturated heterocycles. The van der Waals surface area contributed by atoms with Gasteiger partial charge in [0.1, 0.15) is 11.8 Å². The number of fused-ring (bicyclic) bond motifs is 3. The molecule has 3 nitrogen and oxygen atoms in total. The highest BCUT2D eigenvalue weighted by molar-refractivity contribution is 7.20. The fourth-order valence-electron chi connectivity index (χ4n) is 1.75. The Bertz CT molecular complexity index is 740. The standard InChI is InChI=1S/C12H6N2OS/c13-6-11-14-10-4-1-7-5-8(15)2-3-9(7)12(10)16-11/h1-5,15H. The van der Waals surface area contributed by atoms with E-state index in [9.17, 15) is 5.11 Å². The summed E-state index contributed by atoms with van der Waals surface area (Å²) in [5.41, 5.74) is 0.833. The number of aromatic nitrogens is 1. The molecule has 1 heterocycles. The summed E-state index contributed by atoms with van der Waals surface area (Å²) in [4.78, 5) is 4.20. The molecule has 1 N–H and O–H groups in total. The van der Waals surface area contributed by atoms with Crippen molar-refractivity contribution in [1.82, 2.24) is 4.98 Å². The number of phenols is 1. The second-order valence-electron chi connectivity index (χ2n) is 3.45. The lowest BCUT2D eigenvalue weighted by atomic mass is 10.1. The minimum atomic E-state index is 0.247. The second-order valence-corrected chi connectivity index (χ2v) is 4.45. The predicted molar refractivity (Wildman–Crippen MR) is 63.5 cm³/mol. The van der Waals surface area contributed by atoms with Gasteiger partial charge in [0, 0.05) is 5.39 Å². The number of aromatic hydroxyl groups is 1. The van der Waals surface area contributed by atoms with Gasteiger partial charge in [0.15, 0.2) is 5.01 Å². The molecule has 4 heteroatoms. The highest BCUT2D eigenvalue weighted by atomic mass is 32.1. The van der Waals surface area contributed by atoms with Crippen LogP contribution in [0.4, 0.5) is 0 Å². The van der Waals surface area contributed by atoms with E-state index in [-0.39, 0.29) is 5.75 Å². The van der Waals surface area contributed by atoms with Gasteiger partial charge in [0.05, 0.1) is 10.2 Å². The lowest BCUT2D eigenvalue weighted by Crippen LogP contribution is -1.74. The van der Waals surface area contributed by atoms with Crippen molar-refractivity contribution in [3.8, 4) is 11.8 Å². The summed E-state index contributed by atoms with van der Waals surface area (Å²) >= 11 is 1.38. The summed E-state index contributed by atoms with van der Waals surface area (Å²) in [6, 6.07) is 11.0. The van der Waals surface area contributed by atoms with E-state index in [0.717, 1.165) is 21.0 Å². The fourth-order valence-corrected chi connectivity index (χ4v) is 2.65. The van der Waals surface area contributed by atoms with Gasteiger partial charge >= 0.3 is 0 Å². The van der Waals surface area contributed by atoms with Gasteiger partial charge < -0.3 is 5.11 Å². The van der Waals surface area contributed by atoms with Crippen molar-refractivity contribution < 1.29 is 5.11 Å². The maximum Gasteiger partial charge on any atom is 0.195 e. The minimum absolute atomic E-state index is 0.247. The molecule has 3 rings (SSSR count). The first kappa shape index (κ1) is 9.13. The first-order chi connectivity index (χ1) is 7.78. The lowest BCUT2D eigenvalue weighted by molar-refractivity contribution is 0.476. The average Bonchev–Trinajstić information content (AvgIpc) is 2.71. The summed E-state index contributed by atoms with van der Waals surface area (Å²) in [5, 5.41) is 20.7. The molecule has 0 saturated carbocycles. The quantitative estimate of drug-likeness (QED) is 0.641. The first-order valence-electron chi connectivity index (χ1n) is 4.70. The number of nitriles is 1. The maximum atomic E-state index is 9.39. The zero-order valence-corrected chi connectivity index (χ0v) is 8.95. The van der Waals surface area contributed by atoms with Crippen LogP contribution in [0.15, 0.2) is 30.3 Å². The van der Waals surface area contributed by atoms with Gasteiger partial charge in [0.25, 0.3) is 0 Å². The molecule has 0 aliphatic heterocycles. The van der Waals surface area contributed by atoms with Gasteiger partial charge in [-0.15, -0.1) is 11.3 Å². The van der Waals surface area contributed by atoms with Crippen molar-refractivity contribution in [1.29, 1.82) is 5.26 Å². The summed E-state index contributed by atoms with van der Waals surface area (Å²) in [6.07, 6.45) is 0. The zero-order valence-electron chi connectivity index (χ0n) is 8.14. The summed E-state index contributed by atoms with van der Waals surface area (Å²) in [6.45, 7) is 0. The van der Waals surface area contributed by atoms with Crippen LogP contribution < -0.4 is 0 Å². The van der Waals surface area contributed by atoms with Crippen LogP contribution in [-0.4, -0.2) is 10.1 Å². The Morgan fingerprint density at radius 3 is 2.94 bits per heavy atom. The van der Waals surface area contributed by atoms with Crippen molar-refractivity contribution in [2.45, 2.75) is 0 Å². The number of thiazole rings is 1. The van der Waals surface area contributed by atoms with Crippen LogP contribution in [0.1, 0.15) is 5.01 Å². The van der Waals surface area contributed by atoms with Gasteiger partial charge in [-0.1, -0.05) is 6.07 Å². The van der Waals surface area contributed by atoms with E-state index < -0.39 is 0 Å². The predicted octanol–water partition coefficient (Wildman–Crippen LogP) is 3.03. The highest BCUT2D eigenvalue weighted by Gasteiger charge is 2.07. The van der Waals surface area contributed by atoms with Crippen LogP contribution in [0, 0.1) is 11.3 Å². The number of hydrogen-bond donors (Lipinski definition) is 1. The second kappa shape index (κ2) is 3.19. The summed E-state index contributed by atoms with van der Waals surface area (Å²) in [7, 11) is 0. The molecule has 0 radical (unpaired) electrons. The molecule has 0 aliphatic rings. The van der Waals surface area contributed by atoms with E-state index in [1.54, 1.807) is 12.1 Å². The third-order valence-corrected chi connectivity index (χ3v) is 3.46. The van der Waals surface area contributed by atoms with Crippen LogP contribution in [0.3, 0.4) is 0 Å². The number of hydrogen-bond acceptors (Lipinski definition) is 4. The van der Waals surface area contributed by atoms with Gasteiger partial charge in [-0.25, -0.2) is 4.98 Å². The molecule has 0 atom stereocenters. The lowest BCUT2D eigenvalue weighted by Gasteiger charge is -1.98. The van der Waals surface area contributed by atoms with Gasteiger partial charge in [-0.3, -0.25) is 0 Å². The van der Waals surface area contributed by atoms with E-state index >= 15 is 0 Å². The van der Waals surface area contributed by atoms with Crippen molar-refractivity contribution in [3.63, 3.8) is 0 Å². The largest absolute Gasteiger partial charge is 0.508 e. The smallest absolute Gasteiger partial charge is 0.195 e. The average molecular weight is 226 g/mol. The van der Waals surface area contributed by atoms with Gasteiger partial charge in [-0.2, -0.15) is 5.26 Å². The Morgan fingerprint density at radius 1 is 1.25 bits per heavy atom. The molecule has 16 heavy (non-hydrogen) atoms. The maximum absolute atomic E-state index is 9.39. The molecule has 0 spiro atoms. The SMILES string of the molecule is N#Cc1nc2ccc3cc(O)ccc3c2s1. The third-order valence-electron chi connectivity index (χ3n) is 2.45. The molecular weight excluding hydrogens is 220 g/mol. The Labute approximate surface area is 95.2 Å².